The van der Waals surface area contributed by atoms with Crippen LogP contribution in [0, 0.1) is 17.0 Å². The molecule has 8 nitrogen and oxygen atoms in total. The molecule has 3 atom stereocenters. The average Bonchev–Trinajstić information content (AvgIpc) is 2.61. The van der Waals surface area contributed by atoms with E-state index in [1.807, 2.05) is 40.8 Å². The van der Waals surface area contributed by atoms with Gasteiger partial charge in [-0.25, -0.2) is 12.7 Å². The Bertz CT molecular complexity index is 1010. The second kappa shape index (κ2) is 6.99. The fraction of sp³-hybridized carbons (Fsp3) is 0.550. The third kappa shape index (κ3) is 3.40. The highest BCUT2D eigenvalue weighted by molar-refractivity contribution is 7.89. The van der Waals surface area contributed by atoms with Crippen molar-refractivity contribution in [1.29, 1.82) is 0 Å². The predicted molar refractivity (Wildman–Crippen MR) is 115 cm³/mol. The number of benzene rings is 1. The molecule has 3 aliphatic rings. The number of rotatable bonds is 5. The average molecular weight is 453 g/mol. The van der Waals surface area contributed by atoms with Crippen LogP contribution in [0.5, 0.6) is 0 Å². The molecule has 2 heterocycles. The fourth-order valence-electron chi connectivity index (χ4n) is 3.63. The van der Waals surface area contributed by atoms with Crippen molar-refractivity contribution in [3.8, 4) is 0 Å². The van der Waals surface area contributed by atoms with Crippen LogP contribution in [0.3, 0.4) is 0 Å². The standard InChI is InChI=1S/C20H28N2O6SSi/c1-14-7-9-16(10-8-14)29(26,27)21-15-11-12-20(18(21)23,17(13-15)22(24)25)28-30(5,6)19(2,3)4/h7-12,15,17H,13H2,1-6H3/t15-,17+,20-/m1/s1. The molecule has 2 bridgehead atoms. The zero-order valence-corrected chi connectivity index (χ0v) is 19.9. The molecule has 0 spiro atoms. The van der Waals surface area contributed by atoms with E-state index >= 15 is 0 Å². The van der Waals surface area contributed by atoms with E-state index < -0.39 is 46.9 Å². The first-order valence-corrected chi connectivity index (χ1v) is 14.2. The maximum Gasteiger partial charge on any atom is 0.279 e. The second-order valence-corrected chi connectivity index (χ2v) is 16.1. The third-order valence-electron chi connectivity index (χ3n) is 6.42. The molecule has 0 aromatic heterocycles. The molecule has 1 saturated heterocycles. The van der Waals surface area contributed by atoms with Gasteiger partial charge in [-0.05, 0) is 43.3 Å². The lowest BCUT2D eigenvalue weighted by Crippen LogP contribution is -2.72. The summed E-state index contributed by atoms with van der Waals surface area (Å²) in [6.45, 7) is 11.5. The van der Waals surface area contributed by atoms with Crippen LogP contribution in [0.15, 0.2) is 41.3 Å². The smallest absolute Gasteiger partial charge is 0.279 e. The summed E-state index contributed by atoms with van der Waals surface area (Å²) in [5, 5.41) is 11.6. The zero-order chi connectivity index (χ0) is 22.7. The lowest BCUT2D eigenvalue weighted by atomic mass is 9.79. The van der Waals surface area contributed by atoms with Crippen LogP contribution in [-0.4, -0.2) is 49.6 Å². The summed E-state index contributed by atoms with van der Waals surface area (Å²) >= 11 is 0. The molecule has 0 radical (unpaired) electrons. The minimum absolute atomic E-state index is 0.0254. The summed E-state index contributed by atoms with van der Waals surface area (Å²) < 4.78 is 33.8. The zero-order valence-electron chi connectivity index (χ0n) is 18.1. The van der Waals surface area contributed by atoms with Crippen molar-refractivity contribution in [1.82, 2.24) is 4.31 Å². The normalized spacial score (nSPS) is 26.9. The number of fused-ring (bicyclic) bond motifs is 2. The van der Waals surface area contributed by atoms with Gasteiger partial charge >= 0.3 is 0 Å². The van der Waals surface area contributed by atoms with Crippen molar-refractivity contribution in [3.63, 3.8) is 0 Å². The Labute approximate surface area is 178 Å². The monoisotopic (exact) mass is 452 g/mol. The molecule has 4 rings (SSSR count). The van der Waals surface area contributed by atoms with Crippen LogP contribution in [0.2, 0.25) is 18.1 Å². The van der Waals surface area contributed by atoms with E-state index in [2.05, 4.69) is 0 Å². The Hall–Kier alpha value is -2.04. The molecule has 1 amide bonds. The van der Waals surface area contributed by atoms with Crippen molar-refractivity contribution < 1.29 is 22.6 Å². The Morgan fingerprint density at radius 1 is 1.23 bits per heavy atom. The molecule has 0 unspecified atom stereocenters. The van der Waals surface area contributed by atoms with Crippen LogP contribution in [0.4, 0.5) is 0 Å². The van der Waals surface area contributed by atoms with Crippen molar-refractivity contribution >= 4 is 24.2 Å². The largest absolute Gasteiger partial charge is 0.395 e. The number of hydrogen-bond acceptors (Lipinski definition) is 6. The van der Waals surface area contributed by atoms with E-state index in [9.17, 15) is 23.3 Å². The van der Waals surface area contributed by atoms with E-state index in [4.69, 9.17) is 4.43 Å². The van der Waals surface area contributed by atoms with Gasteiger partial charge in [0.2, 0.25) is 5.60 Å². The number of nitrogens with zero attached hydrogens (tertiary/aromatic N) is 2. The molecule has 2 aliphatic heterocycles. The molecule has 30 heavy (non-hydrogen) atoms. The maximum absolute atomic E-state index is 13.6. The molecule has 1 aromatic rings. The lowest BCUT2D eigenvalue weighted by molar-refractivity contribution is -0.541. The van der Waals surface area contributed by atoms with Gasteiger partial charge in [0.15, 0.2) is 8.32 Å². The molecule has 10 heteroatoms. The number of carbonyl (C=O) groups is 1. The van der Waals surface area contributed by atoms with E-state index in [0.29, 0.717) is 0 Å². The van der Waals surface area contributed by atoms with Gasteiger partial charge in [0.25, 0.3) is 22.0 Å². The Balaban J connectivity index is 2.12. The molecule has 164 valence electrons. The first-order valence-electron chi connectivity index (χ1n) is 9.82. The maximum atomic E-state index is 13.6. The highest BCUT2D eigenvalue weighted by Crippen LogP contribution is 2.47. The quantitative estimate of drug-likeness (QED) is 0.294. The summed E-state index contributed by atoms with van der Waals surface area (Å²) in [7, 11) is -6.86. The van der Waals surface area contributed by atoms with Crippen LogP contribution in [-0.2, 0) is 19.2 Å². The molecule has 1 fully saturated rings. The summed E-state index contributed by atoms with van der Waals surface area (Å²) in [4.78, 5) is 24.9. The van der Waals surface area contributed by atoms with E-state index in [-0.39, 0.29) is 16.4 Å². The van der Waals surface area contributed by atoms with Crippen molar-refractivity contribution in [2.45, 2.75) is 74.8 Å². The molecule has 0 N–H and O–H groups in total. The highest BCUT2D eigenvalue weighted by Gasteiger charge is 2.66. The second-order valence-electron chi connectivity index (χ2n) is 9.54. The SMILES string of the molecule is Cc1ccc(S(=O)(=O)N2C(=O)[C@@]3(O[Si](C)(C)C(C)(C)C)C=C[C@@H]2C[C@@H]3[N+](=O)[O-])cc1. The molecule has 1 aliphatic carbocycles. The van der Waals surface area contributed by atoms with E-state index in [1.165, 1.54) is 18.2 Å². The van der Waals surface area contributed by atoms with Gasteiger partial charge in [0, 0.05) is 11.3 Å². The Morgan fingerprint density at radius 2 is 1.80 bits per heavy atom. The number of amides is 1. The van der Waals surface area contributed by atoms with E-state index in [1.54, 1.807) is 18.2 Å². The lowest BCUT2D eigenvalue weighted by Gasteiger charge is -2.51. The minimum atomic E-state index is -4.19. The topological polar surface area (TPSA) is 107 Å². The predicted octanol–water partition coefficient (Wildman–Crippen LogP) is 3.26. The van der Waals surface area contributed by atoms with Crippen LogP contribution in [0.1, 0.15) is 32.8 Å². The fourth-order valence-corrected chi connectivity index (χ4v) is 6.66. The van der Waals surface area contributed by atoms with Gasteiger partial charge in [-0.3, -0.25) is 14.9 Å². The van der Waals surface area contributed by atoms with Gasteiger partial charge in [0.1, 0.15) is 0 Å². The number of nitro groups is 1. The summed E-state index contributed by atoms with van der Waals surface area (Å²) in [6.07, 6.45) is 2.86. The van der Waals surface area contributed by atoms with Gasteiger partial charge < -0.3 is 4.43 Å². The van der Waals surface area contributed by atoms with Crippen LogP contribution in [0.25, 0.3) is 0 Å². The van der Waals surface area contributed by atoms with Crippen LogP contribution >= 0.6 is 0 Å². The number of sulfonamides is 1. The van der Waals surface area contributed by atoms with Gasteiger partial charge in [-0.2, -0.15) is 0 Å². The van der Waals surface area contributed by atoms with Crippen molar-refractivity contribution in [2.24, 2.45) is 0 Å². The first-order chi connectivity index (χ1) is 13.6. The number of hydrogen-bond donors (Lipinski definition) is 0. The van der Waals surface area contributed by atoms with Gasteiger partial charge in [-0.15, -0.1) is 0 Å². The van der Waals surface area contributed by atoms with Crippen molar-refractivity contribution in [2.75, 3.05) is 0 Å². The summed E-state index contributed by atoms with van der Waals surface area (Å²) in [5.74, 6) is -0.881. The van der Waals surface area contributed by atoms with Crippen LogP contribution < -0.4 is 0 Å². The molecular formula is C20H28N2O6SSi. The molecule has 0 saturated carbocycles. The third-order valence-corrected chi connectivity index (χ3v) is 12.7. The number of aryl methyl sites for hydroxylation is 1. The minimum Gasteiger partial charge on any atom is -0.395 e. The number of carbonyl (C=O) groups excluding carboxylic acids is 1. The first kappa shape index (κ1) is 22.6. The highest BCUT2D eigenvalue weighted by atomic mass is 32.2. The Morgan fingerprint density at radius 3 is 2.30 bits per heavy atom. The molecule has 1 aromatic carbocycles. The Kier molecular flexibility index (Phi) is 5.28. The van der Waals surface area contributed by atoms with Gasteiger partial charge in [-0.1, -0.05) is 44.5 Å². The molecular weight excluding hydrogens is 424 g/mol. The summed E-state index contributed by atoms with van der Waals surface area (Å²) in [5.41, 5.74) is -1.05. The summed E-state index contributed by atoms with van der Waals surface area (Å²) in [6, 6.07) is 3.93. The van der Waals surface area contributed by atoms with Gasteiger partial charge in [0.05, 0.1) is 10.9 Å². The number of piperidine rings is 1. The van der Waals surface area contributed by atoms with Crippen molar-refractivity contribution in [3.05, 3.63) is 52.1 Å². The van der Waals surface area contributed by atoms with E-state index in [0.717, 1.165) is 9.87 Å².